The van der Waals surface area contributed by atoms with Gasteiger partial charge in [0, 0.05) is 47.8 Å². The number of piperazine rings is 1. The number of carbonyl (C=O) groups excluding carboxylic acids is 6. The number of fused-ring (bicyclic) bond motifs is 1. The maximum Gasteiger partial charge on any atom is 0.419 e. The molecule has 2 atom stereocenters. The van der Waals surface area contributed by atoms with E-state index in [1.165, 1.54) is 32.9 Å². The average molecular weight is 913 g/mol. The van der Waals surface area contributed by atoms with Crippen molar-refractivity contribution in [3.8, 4) is 5.69 Å². The van der Waals surface area contributed by atoms with Crippen LogP contribution in [0.4, 0.5) is 26.7 Å². The number of ether oxygens (including phenoxy) is 4. The lowest BCUT2D eigenvalue weighted by atomic mass is 10.0. The molecule has 21 heteroatoms. The van der Waals surface area contributed by atoms with Crippen LogP contribution >= 0.6 is 11.6 Å². The average Bonchev–Trinajstić information content (AvgIpc) is 3.92. The summed E-state index contributed by atoms with van der Waals surface area (Å²) in [6.07, 6.45) is 0.238. The fourth-order valence-corrected chi connectivity index (χ4v) is 7.35. The number of halogens is 1. The number of carbonyl (C=O) groups is 6. The van der Waals surface area contributed by atoms with Crippen molar-refractivity contribution in [1.82, 2.24) is 35.0 Å². The molecule has 2 saturated heterocycles. The normalized spacial score (nSPS) is 16.3. The molecule has 20 nitrogen and oxygen atoms in total. The molecule has 2 fully saturated rings. The van der Waals surface area contributed by atoms with Crippen LogP contribution in [0.5, 0.6) is 0 Å². The first-order valence-corrected chi connectivity index (χ1v) is 21.1. The number of nitrogens with one attached hydrogen (secondary N) is 3. The zero-order valence-corrected chi connectivity index (χ0v) is 37.4. The lowest BCUT2D eigenvalue weighted by Gasteiger charge is -2.38. The zero-order chi connectivity index (χ0) is 46.6. The van der Waals surface area contributed by atoms with E-state index in [0.717, 1.165) is 4.57 Å². The summed E-state index contributed by atoms with van der Waals surface area (Å²) in [4.78, 5) is 84.8. The van der Waals surface area contributed by atoms with Gasteiger partial charge in [-0.3, -0.25) is 14.4 Å². The van der Waals surface area contributed by atoms with Crippen molar-refractivity contribution in [3.05, 3.63) is 89.3 Å². The minimum Gasteiger partial charge on any atom is -0.455 e. The predicted octanol–water partition coefficient (Wildman–Crippen LogP) is 4.97. The van der Waals surface area contributed by atoms with Gasteiger partial charge in [0.1, 0.15) is 29.3 Å². The lowest BCUT2D eigenvalue weighted by molar-refractivity contribution is -0.149. The summed E-state index contributed by atoms with van der Waals surface area (Å²) in [5.74, 6) is -3.26. The summed E-state index contributed by atoms with van der Waals surface area (Å²) in [5, 5.41) is 20.4. The van der Waals surface area contributed by atoms with Gasteiger partial charge in [-0.1, -0.05) is 23.7 Å². The number of tetrazole rings is 1. The van der Waals surface area contributed by atoms with E-state index in [0.29, 0.717) is 52.7 Å². The number of hydrogen-bond donors (Lipinski definition) is 3. The number of hydrogen-bond acceptors (Lipinski definition) is 13. The van der Waals surface area contributed by atoms with Crippen LogP contribution in [0.15, 0.2) is 73.1 Å². The number of urea groups is 1. The zero-order valence-electron chi connectivity index (χ0n) is 36.6. The van der Waals surface area contributed by atoms with Gasteiger partial charge < -0.3 is 44.7 Å². The van der Waals surface area contributed by atoms with Crippen LogP contribution in [0.3, 0.4) is 0 Å². The van der Waals surface area contributed by atoms with E-state index in [-0.39, 0.29) is 49.2 Å². The van der Waals surface area contributed by atoms with E-state index in [1.54, 1.807) is 96.1 Å². The highest BCUT2D eigenvalue weighted by atomic mass is 35.5. The largest absolute Gasteiger partial charge is 0.455 e. The number of esters is 1. The second-order valence-electron chi connectivity index (χ2n) is 17.3. The highest BCUT2D eigenvalue weighted by molar-refractivity contribution is 6.41. The molecule has 1 unspecified atom stereocenters. The summed E-state index contributed by atoms with van der Waals surface area (Å²) >= 11 is 6.35. The molecule has 2 aliphatic rings. The predicted molar refractivity (Wildman–Crippen MR) is 237 cm³/mol. The van der Waals surface area contributed by atoms with Crippen molar-refractivity contribution in [2.75, 3.05) is 55.0 Å². The first-order chi connectivity index (χ1) is 30.8. The van der Waals surface area contributed by atoms with Crippen LogP contribution in [-0.4, -0.2) is 128 Å². The van der Waals surface area contributed by atoms with Crippen LogP contribution in [0.2, 0.25) is 5.02 Å². The van der Waals surface area contributed by atoms with E-state index in [2.05, 4.69) is 31.5 Å². The monoisotopic (exact) mass is 912 g/mol. The van der Waals surface area contributed by atoms with Crippen LogP contribution in [0.25, 0.3) is 16.6 Å². The Morgan fingerprint density at radius 1 is 0.846 bits per heavy atom. The van der Waals surface area contributed by atoms with Gasteiger partial charge in [0.25, 0.3) is 0 Å². The summed E-state index contributed by atoms with van der Waals surface area (Å²) < 4.78 is 24.7. The van der Waals surface area contributed by atoms with Crippen molar-refractivity contribution in [2.45, 2.75) is 71.3 Å². The second-order valence-corrected chi connectivity index (χ2v) is 17.7. The molecule has 0 bridgehead atoms. The molecule has 3 aromatic carbocycles. The van der Waals surface area contributed by atoms with Gasteiger partial charge in [-0.05, 0) is 112 Å². The quantitative estimate of drug-likeness (QED) is 0.118. The fraction of sp³-hybridized carbons (Fsp3) is 0.386. The van der Waals surface area contributed by atoms with E-state index in [9.17, 15) is 28.8 Å². The number of aromatic nitrogens is 5. The Balaban J connectivity index is 1.16. The van der Waals surface area contributed by atoms with E-state index in [4.69, 9.17) is 30.5 Å². The topological polar surface area (TPSA) is 230 Å². The van der Waals surface area contributed by atoms with E-state index in [1.807, 2.05) is 0 Å². The first kappa shape index (κ1) is 46.1. The summed E-state index contributed by atoms with van der Waals surface area (Å²) in [5.41, 5.74) is 0.485. The smallest absolute Gasteiger partial charge is 0.419 e. The molecule has 0 spiro atoms. The van der Waals surface area contributed by atoms with Gasteiger partial charge in [0.15, 0.2) is 0 Å². The molecule has 342 valence electrons. The van der Waals surface area contributed by atoms with Gasteiger partial charge in [-0.15, -0.1) is 5.10 Å². The standard InChI is InChI=1S/C44H49ClN10O10/c1-43(2,3)64-40(59)36-21-27-20-30(12-14-32(27)55(36)42(61)65-44(4,5)6)48-37(56)35(19-26-7-10-29(11-8-26)49-41(60)46-23-31-24-62-17-18-63-31)53-16-15-52(38(57)39(53)58)34-22-28(45)9-13-33(34)54-25-47-50-51-54/h7-14,20-22,25,31,35H,15-19,23-24H2,1-6H3,(H,48,56)(H2,46,49,60)/t31?,35-/m0/s1. The highest BCUT2D eigenvalue weighted by Crippen LogP contribution is 2.31. The molecule has 65 heavy (non-hydrogen) atoms. The Morgan fingerprint density at radius 2 is 1.58 bits per heavy atom. The third kappa shape index (κ3) is 11.3. The third-order valence-corrected chi connectivity index (χ3v) is 10.3. The lowest BCUT2D eigenvalue weighted by Crippen LogP contribution is -2.60. The SMILES string of the molecule is CC(C)(C)OC(=O)c1cc2cc(NC(=O)[C@H](Cc3ccc(NC(=O)NCC4COCCO4)cc3)N3CCN(c4cc(Cl)ccc4-n4cnnn4)C(=O)C3=O)ccc2n1C(=O)OC(C)(C)C. The Kier molecular flexibility index (Phi) is 13.5. The summed E-state index contributed by atoms with van der Waals surface area (Å²) in [6.45, 7) is 11.7. The number of benzene rings is 3. The molecule has 0 saturated carbocycles. The van der Waals surface area contributed by atoms with Crippen molar-refractivity contribution in [3.63, 3.8) is 0 Å². The Bertz CT molecular complexity index is 2600. The van der Waals surface area contributed by atoms with Crippen molar-refractivity contribution < 1.29 is 47.7 Å². The van der Waals surface area contributed by atoms with Crippen molar-refractivity contribution in [1.29, 1.82) is 0 Å². The molecule has 2 aliphatic heterocycles. The molecule has 5 aromatic rings. The summed E-state index contributed by atoms with van der Waals surface area (Å²) in [6, 6.07) is 15.9. The first-order valence-electron chi connectivity index (χ1n) is 20.7. The molecule has 0 radical (unpaired) electrons. The van der Waals surface area contributed by atoms with Crippen LogP contribution in [-0.2, 0) is 39.8 Å². The number of anilines is 3. The van der Waals surface area contributed by atoms with Crippen LogP contribution < -0.4 is 20.9 Å². The fourth-order valence-electron chi connectivity index (χ4n) is 7.19. The molecule has 0 aliphatic carbocycles. The number of amides is 5. The molecular weight excluding hydrogens is 864 g/mol. The summed E-state index contributed by atoms with van der Waals surface area (Å²) in [7, 11) is 0. The van der Waals surface area contributed by atoms with Gasteiger partial charge in [-0.2, -0.15) is 4.68 Å². The maximum atomic E-state index is 14.5. The molecule has 4 heterocycles. The third-order valence-electron chi connectivity index (χ3n) is 10.0. The van der Waals surface area contributed by atoms with Gasteiger partial charge in [0.05, 0.1) is 42.8 Å². The van der Waals surface area contributed by atoms with Gasteiger partial charge in [-0.25, -0.2) is 19.0 Å². The highest BCUT2D eigenvalue weighted by Gasteiger charge is 2.41. The van der Waals surface area contributed by atoms with E-state index < -0.39 is 53.1 Å². The maximum absolute atomic E-state index is 14.5. The Labute approximate surface area is 378 Å². The molecule has 2 aromatic heterocycles. The number of rotatable bonds is 11. The second kappa shape index (κ2) is 19.1. The molecular formula is C44H49ClN10O10. The van der Waals surface area contributed by atoms with Crippen molar-refractivity contribution >= 4 is 75.4 Å². The van der Waals surface area contributed by atoms with E-state index >= 15 is 0 Å². The van der Waals surface area contributed by atoms with Crippen LogP contribution in [0, 0.1) is 0 Å². The van der Waals surface area contributed by atoms with Crippen molar-refractivity contribution in [2.24, 2.45) is 0 Å². The Morgan fingerprint density at radius 3 is 2.26 bits per heavy atom. The molecule has 5 amide bonds. The number of nitrogens with zero attached hydrogens (tertiary/aromatic N) is 7. The van der Waals surface area contributed by atoms with Gasteiger partial charge >= 0.3 is 29.9 Å². The van der Waals surface area contributed by atoms with Crippen LogP contribution in [0.1, 0.15) is 57.6 Å². The molecule has 3 N–H and O–H groups in total. The minimum absolute atomic E-state index is 0.0165. The van der Waals surface area contributed by atoms with Gasteiger partial charge in [0.2, 0.25) is 5.91 Å². The molecule has 7 rings (SSSR count). The minimum atomic E-state index is -1.23. The Hall–Kier alpha value is -6.90.